The number of guanidine groups is 1. The number of hydrogen-bond acceptors (Lipinski definition) is 3. The second-order valence-electron chi connectivity index (χ2n) is 7.17. The number of fused-ring (bicyclic) bond motifs is 1. The third-order valence-electron chi connectivity index (χ3n) is 4.36. The molecule has 1 aliphatic heterocycles. The van der Waals surface area contributed by atoms with Crippen LogP contribution in [0.4, 0.5) is 0 Å². The van der Waals surface area contributed by atoms with Crippen LogP contribution in [0, 0.1) is 0 Å². The van der Waals surface area contributed by atoms with Gasteiger partial charge in [-0.1, -0.05) is 30.3 Å². The molecule has 1 aliphatic rings. The summed E-state index contributed by atoms with van der Waals surface area (Å²) in [7, 11) is 0. The van der Waals surface area contributed by atoms with Crippen LogP contribution in [0.15, 0.2) is 53.5 Å². The first-order chi connectivity index (χ1) is 12.5. The van der Waals surface area contributed by atoms with Gasteiger partial charge >= 0.3 is 0 Å². The summed E-state index contributed by atoms with van der Waals surface area (Å²) < 4.78 is 6.11. The van der Waals surface area contributed by atoms with Crippen molar-refractivity contribution in [3.8, 4) is 11.5 Å². The van der Waals surface area contributed by atoms with Crippen molar-refractivity contribution < 1.29 is 9.84 Å². The van der Waals surface area contributed by atoms with E-state index in [2.05, 4.69) is 35.5 Å². The number of ether oxygens (including phenoxy) is 1. The smallest absolute Gasteiger partial charge is 0.192 e. The maximum Gasteiger partial charge on any atom is 0.192 e. The Morgan fingerprint density at radius 3 is 2.74 bits per heavy atom. The maximum absolute atomic E-state index is 9.62. The van der Waals surface area contributed by atoms with Gasteiger partial charge in [0.05, 0.1) is 12.6 Å². The highest BCUT2D eigenvalue weighted by Gasteiger charge is 2.33. The van der Waals surface area contributed by atoms with Crippen molar-refractivity contribution >= 4 is 29.9 Å². The molecule has 0 aliphatic carbocycles. The van der Waals surface area contributed by atoms with Crippen LogP contribution >= 0.6 is 24.0 Å². The number of halogens is 1. The quantitative estimate of drug-likeness (QED) is 0.345. The molecule has 2 aromatic rings. The second kappa shape index (κ2) is 9.30. The van der Waals surface area contributed by atoms with Gasteiger partial charge in [0.2, 0.25) is 0 Å². The third-order valence-corrected chi connectivity index (χ3v) is 4.36. The summed E-state index contributed by atoms with van der Waals surface area (Å²) in [4.78, 5) is 4.68. The van der Waals surface area contributed by atoms with Gasteiger partial charge in [-0.3, -0.25) is 0 Å². The molecule has 3 rings (SSSR count). The first-order valence-electron chi connectivity index (χ1n) is 9.07. The van der Waals surface area contributed by atoms with Gasteiger partial charge in [-0.05, 0) is 44.5 Å². The van der Waals surface area contributed by atoms with Crippen molar-refractivity contribution in [2.24, 2.45) is 4.99 Å². The summed E-state index contributed by atoms with van der Waals surface area (Å²) in [6, 6.07) is 15.5. The van der Waals surface area contributed by atoms with Gasteiger partial charge in [0.15, 0.2) is 5.96 Å². The number of nitrogens with one attached hydrogen (secondary N) is 2. The molecular formula is C21H28IN3O2. The lowest BCUT2D eigenvalue weighted by Crippen LogP contribution is -2.45. The number of benzene rings is 2. The summed E-state index contributed by atoms with van der Waals surface area (Å²) in [6.07, 6.45) is 0.848. The number of aromatic hydroxyl groups is 1. The SMILES string of the molecule is CCNC(=NCc1cccc(O)c1)NC1CC(C)(C)Oc2ccccc21.I. The summed E-state index contributed by atoms with van der Waals surface area (Å²) in [5.74, 6) is 1.94. The van der Waals surface area contributed by atoms with Crippen LogP contribution in [0.5, 0.6) is 11.5 Å². The zero-order valence-electron chi connectivity index (χ0n) is 16.0. The molecule has 0 aromatic heterocycles. The Morgan fingerprint density at radius 2 is 2.00 bits per heavy atom. The number of hydrogen-bond donors (Lipinski definition) is 3. The van der Waals surface area contributed by atoms with Crippen LogP contribution in [0.25, 0.3) is 0 Å². The molecule has 0 radical (unpaired) electrons. The average Bonchev–Trinajstić information content (AvgIpc) is 2.59. The van der Waals surface area contributed by atoms with Gasteiger partial charge in [0.1, 0.15) is 17.1 Å². The van der Waals surface area contributed by atoms with Crippen LogP contribution in [-0.2, 0) is 6.54 Å². The molecule has 2 aromatic carbocycles. The summed E-state index contributed by atoms with van der Waals surface area (Å²) in [6.45, 7) is 7.54. The van der Waals surface area contributed by atoms with Crippen molar-refractivity contribution in [1.29, 1.82) is 0 Å². The summed E-state index contributed by atoms with van der Waals surface area (Å²) in [5.41, 5.74) is 1.87. The molecule has 5 nitrogen and oxygen atoms in total. The van der Waals surface area contributed by atoms with E-state index >= 15 is 0 Å². The molecule has 0 bridgehead atoms. The normalized spacial score (nSPS) is 17.9. The standard InChI is InChI=1S/C21H27N3O2.HI/c1-4-22-20(23-14-15-8-7-9-16(25)12-15)24-18-13-21(2,3)26-19-11-6-5-10-17(18)19;/h5-12,18,25H,4,13-14H2,1-3H3,(H2,22,23,24);1H. The molecular weight excluding hydrogens is 453 g/mol. The predicted molar refractivity (Wildman–Crippen MR) is 120 cm³/mol. The monoisotopic (exact) mass is 481 g/mol. The van der Waals surface area contributed by atoms with E-state index in [0.29, 0.717) is 6.54 Å². The molecule has 0 fully saturated rings. The van der Waals surface area contributed by atoms with Crippen LogP contribution in [0.2, 0.25) is 0 Å². The van der Waals surface area contributed by atoms with Crippen LogP contribution in [0.3, 0.4) is 0 Å². The van der Waals surface area contributed by atoms with Gasteiger partial charge < -0.3 is 20.5 Å². The van der Waals surface area contributed by atoms with Crippen molar-refractivity contribution in [1.82, 2.24) is 10.6 Å². The van der Waals surface area contributed by atoms with Crippen LogP contribution in [-0.4, -0.2) is 23.2 Å². The van der Waals surface area contributed by atoms with E-state index in [1.807, 2.05) is 37.3 Å². The van der Waals surface area contributed by atoms with E-state index in [0.717, 1.165) is 35.8 Å². The van der Waals surface area contributed by atoms with Crippen molar-refractivity contribution in [3.05, 3.63) is 59.7 Å². The first-order valence-corrected chi connectivity index (χ1v) is 9.07. The summed E-state index contributed by atoms with van der Waals surface area (Å²) >= 11 is 0. The van der Waals surface area contributed by atoms with Crippen LogP contribution < -0.4 is 15.4 Å². The summed E-state index contributed by atoms with van der Waals surface area (Å²) in [5, 5.41) is 16.5. The molecule has 3 N–H and O–H groups in total. The van der Waals surface area contributed by atoms with Crippen LogP contribution in [0.1, 0.15) is 44.4 Å². The van der Waals surface area contributed by atoms with E-state index in [-0.39, 0.29) is 41.4 Å². The molecule has 0 amide bonds. The number of nitrogens with zero attached hydrogens (tertiary/aromatic N) is 1. The molecule has 1 atom stereocenters. The van der Waals surface area contributed by atoms with Crippen molar-refractivity contribution in [2.45, 2.75) is 45.4 Å². The average molecular weight is 481 g/mol. The van der Waals surface area contributed by atoms with E-state index in [1.165, 1.54) is 0 Å². The minimum Gasteiger partial charge on any atom is -0.508 e. The molecule has 0 saturated heterocycles. The van der Waals surface area contributed by atoms with E-state index in [4.69, 9.17) is 4.74 Å². The fraction of sp³-hybridized carbons (Fsp3) is 0.381. The van der Waals surface area contributed by atoms with Gasteiger partial charge in [-0.25, -0.2) is 4.99 Å². The number of aliphatic imine (C=N–C) groups is 1. The van der Waals surface area contributed by atoms with Gasteiger partial charge in [-0.15, -0.1) is 24.0 Å². The Hall–Kier alpha value is -1.96. The lowest BCUT2D eigenvalue weighted by molar-refractivity contribution is 0.0694. The fourth-order valence-corrected chi connectivity index (χ4v) is 3.24. The molecule has 0 spiro atoms. The Kier molecular flexibility index (Phi) is 7.35. The van der Waals surface area contributed by atoms with Gasteiger partial charge in [0.25, 0.3) is 0 Å². The largest absolute Gasteiger partial charge is 0.508 e. The minimum absolute atomic E-state index is 0. The number of phenols is 1. The molecule has 1 heterocycles. The highest BCUT2D eigenvalue weighted by atomic mass is 127. The fourth-order valence-electron chi connectivity index (χ4n) is 3.24. The first kappa shape index (κ1) is 21.3. The number of para-hydroxylation sites is 1. The van der Waals surface area contributed by atoms with Gasteiger partial charge in [0, 0.05) is 18.5 Å². The second-order valence-corrected chi connectivity index (χ2v) is 7.17. The Labute approximate surface area is 178 Å². The molecule has 6 heteroatoms. The van der Waals surface area contributed by atoms with Crippen molar-refractivity contribution in [2.75, 3.05) is 6.54 Å². The maximum atomic E-state index is 9.62. The third kappa shape index (κ3) is 5.76. The molecule has 1 unspecified atom stereocenters. The molecule has 0 saturated carbocycles. The number of rotatable bonds is 4. The highest BCUT2D eigenvalue weighted by Crippen LogP contribution is 2.39. The Morgan fingerprint density at radius 1 is 1.22 bits per heavy atom. The molecule has 27 heavy (non-hydrogen) atoms. The van der Waals surface area contributed by atoms with E-state index in [1.54, 1.807) is 12.1 Å². The minimum atomic E-state index is -0.242. The predicted octanol–water partition coefficient (Wildman–Crippen LogP) is 4.37. The van der Waals surface area contributed by atoms with Crippen molar-refractivity contribution in [3.63, 3.8) is 0 Å². The van der Waals surface area contributed by atoms with Gasteiger partial charge in [-0.2, -0.15) is 0 Å². The van der Waals surface area contributed by atoms with E-state index in [9.17, 15) is 5.11 Å². The number of phenolic OH excluding ortho intramolecular Hbond substituents is 1. The topological polar surface area (TPSA) is 65.9 Å². The highest BCUT2D eigenvalue weighted by molar-refractivity contribution is 14.0. The molecule has 146 valence electrons. The lowest BCUT2D eigenvalue weighted by atomic mass is 9.90. The zero-order chi connectivity index (χ0) is 18.6. The Balaban J connectivity index is 0.00000261. The Bertz CT molecular complexity index is 793. The zero-order valence-corrected chi connectivity index (χ0v) is 18.4. The van der Waals surface area contributed by atoms with E-state index < -0.39 is 0 Å². The lowest BCUT2D eigenvalue weighted by Gasteiger charge is -2.38.